The molecule has 0 fully saturated rings. The van der Waals surface area contributed by atoms with Crippen LogP contribution in [-0.4, -0.2) is 144 Å². The molecule has 0 aliphatic heterocycles. The summed E-state index contributed by atoms with van der Waals surface area (Å²) < 4.78 is 33.4. The van der Waals surface area contributed by atoms with E-state index in [0.29, 0.717) is 13.1 Å². The van der Waals surface area contributed by atoms with Gasteiger partial charge in [-0.15, -0.1) is 0 Å². The number of hydrogen-bond donors (Lipinski definition) is 0. The maximum atomic E-state index is 13.7. The Bertz CT molecular complexity index is 1260. The highest BCUT2D eigenvalue weighted by molar-refractivity contribution is 5.75. The van der Waals surface area contributed by atoms with Crippen molar-refractivity contribution in [1.29, 1.82) is 0 Å². The van der Waals surface area contributed by atoms with Gasteiger partial charge in [-0.2, -0.15) is 0 Å². The van der Waals surface area contributed by atoms with Crippen LogP contribution in [-0.2, 0) is 57.2 Å². The lowest BCUT2D eigenvalue weighted by Gasteiger charge is -2.29. The lowest BCUT2D eigenvalue weighted by atomic mass is 10.1. The second kappa shape index (κ2) is 48.0. The molecule has 0 bridgehead atoms. The highest BCUT2D eigenvalue weighted by Crippen LogP contribution is 2.15. The summed E-state index contributed by atoms with van der Waals surface area (Å²) >= 11 is 0. The van der Waals surface area contributed by atoms with E-state index >= 15 is 0 Å². The van der Waals surface area contributed by atoms with Crippen LogP contribution in [0.1, 0.15) is 220 Å². The zero-order valence-corrected chi connectivity index (χ0v) is 46.6. The second-order valence-corrected chi connectivity index (χ2v) is 19.9. The van der Waals surface area contributed by atoms with Gasteiger partial charge in [-0.1, -0.05) is 156 Å². The van der Waals surface area contributed by atoms with Gasteiger partial charge in [0.1, 0.15) is 13.2 Å². The van der Waals surface area contributed by atoms with Gasteiger partial charge < -0.3 is 43.1 Å². The smallest absolute Gasteiger partial charge is 0.320 e. The SMILES string of the molecule is CCCCCCCCC(=O)OCC(COC(=O)CCCCCCCC)CC(=O)OCCN(CCOC(=O)CC(COC(=O)CCCCCCCC)COC(=O)CCCCCCCC)C(=O)N(C)CCN(C)C. The number of rotatable bonds is 49. The van der Waals surface area contributed by atoms with Crippen molar-refractivity contribution in [2.24, 2.45) is 11.8 Å². The van der Waals surface area contributed by atoms with E-state index in [1.807, 2.05) is 19.0 Å². The zero-order valence-electron chi connectivity index (χ0n) is 46.6. The van der Waals surface area contributed by atoms with Gasteiger partial charge >= 0.3 is 41.8 Å². The molecular weight excluding hydrogens is 923 g/mol. The summed E-state index contributed by atoms with van der Waals surface area (Å²) in [5.41, 5.74) is 0. The van der Waals surface area contributed by atoms with Crippen LogP contribution in [0.3, 0.4) is 0 Å². The van der Waals surface area contributed by atoms with Crippen LogP contribution in [0, 0.1) is 11.8 Å². The third-order valence-corrected chi connectivity index (χ3v) is 12.5. The van der Waals surface area contributed by atoms with E-state index < -0.39 is 23.8 Å². The summed E-state index contributed by atoms with van der Waals surface area (Å²) in [6, 6.07) is -0.358. The summed E-state index contributed by atoms with van der Waals surface area (Å²) in [5, 5.41) is 0. The summed E-state index contributed by atoms with van der Waals surface area (Å²) in [5.74, 6) is -3.91. The van der Waals surface area contributed by atoms with E-state index in [-0.39, 0.29) is 121 Å². The fourth-order valence-corrected chi connectivity index (χ4v) is 7.78. The third kappa shape index (κ3) is 42.5. The van der Waals surface area contributed by atoms with Crippen molar-refractivity contribution in [3.8, 4) is 0 Å². The molecule has 0 aliphatic carbocycles. The molecule has 0 aliphatic rings. The Morgan fingerprint density at radius 2 is 0.611 bits per heavy atom. The van der Waals surface area contributed by atoms with Crippen molar-refractivity contribution in [3.63, 3.8) is 0 Å². The average molecular weight is 1030 g/mol. The molecule has 0 heterocycles. The molecule has 0 aromatic rings. The molecule has 0 N–H and O–H groups in total. The average Bonchev–Trinajstić information content (AvgIpc) is 3.35. The quantitative estimate of drug-likeness (QED) is 0.0318. The van der Waals surface area contributed by atoms with Crippen molar-refractivity contribution in [1.82, 2.24) is 14.7 Å². The molecule has 420 valence electrons. The highest BCUT2D eigenvalue weighted by atomic mass is 16.6. The number of carbonyl (C=O) groups is 7. The lowest BCUT2D eigenvalue weighted by molar-refractivity contribution is -0.155. The maximum absolute atomic E-state index is 13.7. The number of unbranched alkanes of at least 4 members (excludes halogenated alkanes) is 20. The van der Waals surface area contributed by atoms with Crippen LogP contribution < -0.4 is 0 Å². The highest BCUT2D eigenvalue weighted by Gasteiger charge is 2.24. The van der Waals surface area contributed by atoms with Gasteiger partial charge in [0.15, 0.2) is 0 Å². The Kier molecular flexibility index (Phi) is 45.4. The minimum Gasteiger partial charge on any atom is -0.465 e. The van der Waals surface area contributed by atoms with Crippen molar-refractivity contribution in [2.45, 2.75) is 220 Å². The number of amides is 2. The number of esters is 6. The van der Waals surface area contributed by atoms with Crippen molar-refractivity contribution >= 4 is 41.8 Å². The Morgan fingerprint density at radius 1 is 0.333 bits per heavy atom. The first kappa shape index (κ1) is 68.0. The van der Waals surface area contributed by atoms with Crippen LogP contribution >= 0.6 is 0 Å². The molecule has 2 amide bonds. The minimum atomic E-state index is -0.620. The largest absolute Gasteiger partial charge is 0.465 e. The molecule has 72 heavy (non-hydrogen) atoms. The first-order chi connectivity index (χ1) is 34.8. The maximum Gasteiger partial charge on any atom is 0.320 e. The second-order valence-electron chi connectivity index (χ2n) is 19.9. The van der Waals surface area contributed by atoms with Crippen LogP contribution in [0.15, 0.2) is 0 Å². The summed E-state index contributed by atoms with van der Waals surface area (Å²) in [4.78, 5) is 95.6. The molecule has 0 saturated heterocycles. The number of urea groups is 1. The van der Waals surface area contributed by atoms with Crippen LogP contribution in [0.4, 0.5) is 4.79 Å². The standard InChI is InChI=1S/C56H103N3O13/c1-8-12-16-20-24-28-32-50(60)69-44-48(45-70-51(61)33-29-25-21-17-13-9-2)42-54(64)67-40-38-59(56(66)58(7)37-36-57(5)6)39-41-68-55(65)43-49(46-71-52(62)34-30-26-22-18-14-10-3)47-72-53(63)35-31-27-23-19-15-11-4/h48-49H,8-47H2,1-7H3. The first-order valence-corrected chi connectivity index (χ1v) is 28.3. The van der Waals surface area contributed by atoms with Crippen LogP contribution in [0.25, 0.3) is 0 Å². The molecule has 0 atom stereocenters. The first-order valence-electron chi connectivity index (χ1n) is 28.3. The van der Waals surface area contributed by atoms with Gasteiger partial charge in [-0.05, 0) is 39.8 Å². The number of likely N-dealkylation sites (N-methyl/N-ethyl adjacent to an activating group) is 2. The van der Waals surface area contributed by atoms with Gasteiger partial charge in [0.2, 0.25) is 0 Å². The fourth-order valence-electron chi connectivity index (χ4n) is 7.78. The van der Waals surface area contributed by atoms with Gasteiger partial charge in [-0.3, -0.25) is 28.8 Å². The Hall–Kier alpha value is -3.95. The molecule has 0 aromatic carbocycles. The molecule has 0 aromatic heterocycles. The zero-order chi connectivity index (χ0) is 53.5. The van der Waals surface area contributed by atoms with Gasteiger partial charge in [0, 0.05) is 57.7 Å². The van der Waals surface area contributed by atoms with Crippen molar-refractivity contribution in [3.05, 3.63) is 0 Å². The summed E-state index contributed by atoms with van der Waals surface area (Å²) in [6.45, 7) is 8.85. The van der Waals surface area contributed by atoms with Crippen LogP contribution in [0.5, 0.6) is 0 Å². The lowest BCUT2D eigenvalue weighted by Crippen LogP contribution is -2.46. The van der Waals surface area contributed by atoms with E-state index in [1.54, 1.807) is 7.05 Å². The van der Waals surface area contributed by atoms with E-state index in [2.05, 4.69) is 27.7 Å². The third-order valence-electron chi connectivity index (χ3n) is 12.5. The molecule has 0 saturated carbocycles. The van der Waals surface area contributed by atoms with Crippen molar-refractivity contribution in [2.75, 3.05) is 87.0 Å². The molecule has 0 radical (unpaired) electrons. The minimum absolute atomic E-state index is 0.00862. The Balaban J connectivity index is 5.62. The predicted octanol–water partition coefficient (Wildman–Crippen LogP) is 11.2. The molecule has 0 spiro atoms. The van der Waals surface area contributed by atoms with E-state index in [4.69, 9.17) is 28.4 Å². The van der Waals surface area contributed by atoms with Gasteiger partial charge in [-0.25, -0.2) is 4.79 Å². The van der Waals surface area contributed by atoms with Gasteiger partial charge in [0.05, 0.1) is 52.4 Å². The van der Waals surface area contributed by atoms with E-state index in [0.717, 1.165) is 128 Å². The predicted molar refractivity (Wildman–Crippen MR) is 282 cm³/mol. The van der Waals surface area contributed by atoms with Gasteiger partial charge in [0.25, 0.3) is 0 Å². The molecule has 16 nitrogen and oxygen atoms in total. The number of hydrogen-bond acceptors (Lipinski definition) is 14. The monoisotopic (exact) mass is 1030 g/mol. The van der Waals surface area contributed by atoms with E-state index in [9.17, 15) is 33.6 Å². The number of ether oxygens (including phenoxy) is 6. The molecular formula is C56H103N3O13. The molecule has 16 heteroatoms. The van der Waals surface area contributed by atoms with E-state index in [1.165, 1.54) is 35.5 Å². The number of nitrogens with zero attached hydrogens (tertiary/aromatic N) is 3. The Morgan fingerprint density at radius 3 is 0.889 bits per heavy atom. The Labute approximate surface area is 436 Å². The summed E-state index contributed by atoms with van der Waals surface area (Å²) in [6.07, 6.45) is 25.4. The molecule has 0 unspecified atom stereocenters. The normalized spacial score (nSPS) is 11.2. The fraction of sp³-hybridized carbons (Fsp3) is 0.875. The number of carbonyl (C=O) groups excluding carboxylic acids is 7. The molecule has 0 rings (SSSR count). The van der Waals surface area contributed by atoms with Crippen molar-refractivity contribution < 1.29 is 62.0 Å². The summed E-state index contributed by atoms with van der Waals surface area (Å²) in [7, 11) is 5.46. The van der Waals surface area contributed by atoms with Crippen LogP contribution in [0.2, 0.25) is 0 Å². The topological polar surface area (TPSA) is 185 Å².